The van der Waals surface area contributed by atoms with E-state index in [9.17, 15) is 0 Å². The Hall–Kier alpha value is -0.510. The van der Waals surface area contributed by atoms with Crippen LogP contribution in [0.1, 0.15) is 12.5 Å². The standard InChI is InChI=1S/C12H19NOS/c1-3-14-11(8-13)9-15-12-7-5-4-6-10(12)2/h4-7,11H,3,8-9,13H2,1-2H3. The minimum absolute atomic E-state index is 0.166. The monoisotopic (exact) mass is 225 g/mol. The molecule has 1 unspecified atom stereocenters. The summed E-state index contributed by atoms with van der Waals surface area (Å²) >= 11 is 1.81. The zero-order chi connectivity index (χ0) is 11.1. The summed E-state index contributed by atoms with van der Waals surface area (Å²) in [5.41, 5.74) is 6.94. The first-order chi connectivity index (χ1) is 7.27. The van der Waals surface area contributed by atoms with E-state index >= 15 is 0 Å². The first-order valence-electron chi connectivity index (χ1n) is 5.28. The predicted molar refractivity (Wildman–Crippen MR) is 66.4 cm³/mol. The Balaban J connectivity index is 2.45. The normalized spacial score (nSPS) is 12.7. The number of thioether (sulfide) groups is 1. The Kier molecular flexibility index (Phi) is 5.76. The van der Waals surface area contributed by atoms with E-state index < -0.39 is 0 Å². The third-order valence-electron chi connectivity index (χ3n) is 2.18. The van der Waals surface area contributed by atoms with Crippen molar-refractivity contribution in [3.8, 4) is 0 Å². The molecule has 0 aromatic heterocycles. The van der Waals surface area contributed by atoms with Crippen LogP contribution in [0.5, 0.6) is 0 Å². The van der Waals surface area contributed by atoms with Crippen molar-refractivity contribution in [2.45, 2.75) is 24.8 Å². The van der Waals surface area contributed by atoms with E-state index in [1.54, 1.807) is 0 Å². The Bertz CT molecular complexity index is 291. The number of ether oxygens (including phenoxy) is 1. The quantitative estimate of drug-likeness (QED) is 0.755. The Morgan fingerprint density at radius 3 is 2.73 bits per heavy atom. The van der Waals surface area contributed by atoms with Gasteiger partial charge in [-0.25, -0.2) is 0 Å². The highest BCUT2D eigenvalue weighted by atomic mass is 32.2. The molecule has 15 heavy (non-hydrogen) atoms. The lowest BCUT2D eigenvalue weighted by atomic mass is 10.2. The Morgan fingerprint density at radius 2 is 2.13 bits per heavy atom. The first-order valence-corrected chi connectivity index (χ1v) is 6.26. The summed E-state index contributed by atoms with van der Waals surface area (Å²) in [6.07, 6.45) is 0.166. The molecule has 0 heterocycles. The molecule has 0 amide bonds. The third kappa shape index (κ3) is 4.24. The molecule has 0 bridgehead atoms. The molecular weight excluding hydrogens is 206 g/mol. The average Bonchev–Trinajstić information content (AvgIpc) is 2.26. The van der Waals surface area contributed by atoms with Crippen LogP contribution in [0.3, 0.4) is 0 Å². The highest BCUT2D eigenvalue weighted by Crippen LogP contribution is 2.22. The smallest absolute Gasteiger partial charge is 0.0790 e. The highest BCUT2D eigenvalue weighted by Gasteiger charge is 2.07. The van der Waals surface area contributed by atoms with Crippen LogP contribution >= 0.6 is 11.8 Å². The molecule has 1 rings (SSSR count). The average molecular weight is 225 g/mol. The third-order valence-corrected chi connectivity index (χ3v) is 3.49. The zero-order valence-corrected chi connectivity index (χ0v) is 10.2. The van der Waals surface area contributed by atoms with Crippen LogP contribution in [0.4, 0.5) is 0 Å². The molecule has 2 nitrogen and oxygen atoms in total. The van der Waals surface area contributed by atoms with Crippen molar-refractivity contribution in [3.05, 3.63) is 29.8 Å². The van der Waals surface area contributed by atoms with Crippen molar-refractivity contribution in [2.24, 2.45) is 5.73 Å². The number of aryl methyl sites for hydroxylation is 1. The van der Waals surface area contributed by atoms with Gasteiger partial charge in [-0.1, -0.05) is 18.2 Å². The SMILES string of the molecule is CCOC(CN)CSc1ccccc1C. The van der Waals surface area contributed by atoms with Gasteiger partial charge in [0, 0.05) is 23.8 Å². The maximum absolute atomic E-state index is 5.62. The van der Waals surface area contributed by atoms with Gasteiger partial charge in [0.25, 0.3) is 0 Å². The van der Waals surface area contributed by atoms with Crippen LogP contribution in [-0.2, 0) is 4.74 Å². The van der Waals surface area contributed by atoms with E-state index in [1.807, 2.05) is 18.7 Å². The molecule has 1 aromatic rings. The van der Waals surface area contributed by atoms with E-state index in [2.05, 4.69) is 31.2 Å². The largest absolute Gasteiger partial charge is 0.376 e. The van der Waals surface area contributed by atoms with Crippen molar-refractivity contribution in [1.82, 2.24) is 0 Å². The molecule has 2 N–H and O–H groups in total. The van der Waals surface area contributed by atoms with Crippen LogP contribution in [0.15, 0.2) is 29.2 Å². The van der Waals surface area contributed by atoms with E-state index in [-0.39, 0.29) is 6.10 Å². The Labute approximate surface area is 96.2 Å². The van der Waals surface area contributed by atoms with E-state index in [4.69, 9.17) is 10.5 Å². The fourth-order valence-electron chi connectivity index (χ4n) is 1.32. The molecule has 1 atom stereocenters. The number of hydrogen-bond donors (Lipinski definition) is 1. The topological polar surface area (TPSA) is 35.2 Å². The van der Waals surface area contributed by atoms with E-state index in [1.165, 1.54) is 10.5 Å². The summed E-state index contributed by atoms with van der Waals surface area (Å²) in [6.45, 7) is 5.45. The van der Waals surface area contributed by atoms with Crippen molar-refractivity contribution in [2.75, 3.05) is 18.9 Å². The van der Waals surface area contributed by atoms with Crippen molar-refractivity contribution in [1.29, 1.82) is 0 Å². The fraction of sp³-hybridized carbons (Fsp3) is 0.500. The lowest BCUT2D eigenvalue weighted by molar-refractivity contribution is 0.0858. The summed E-state index contributed by atoms with van der Waals surface area (Å²) < 4.78 is 5.51. The second-order valence-electron chi connectivity index (χ2n) is 3.39. The van der Waals surface area contributed by atoms with Crippen molar-refractivity contribution >= 4 is 11.8 Å². The minimum atomic E-state index is 0.166. The summed E-state index contributed by atoms with van der Waals surface area (Å²) in [5, 5.41) is 0. The van der Waals surface area contributed by atoms with Gasteiger partial charge in [0.1, 0.15) is 0 Å². The van der Waals surface area contributed by atoms with Crippen LogP contribution in [0, 0.1) is 6.92 Å². The van der Waals surface area contributed by atoms with Gasteiger partial charge >= 0.3 is 0 Å². The Morgan fingerprint density at radius 1 is 1.40 bits per heavy atom. The molecule has 0 aliphatic heterocycles. The molecule has 0 aliphatic rings. The zero-order valence-electron chi connectivity index (χ0n) is 9.40. The lowest BCUT2D eigenvalue weighted by Gasteiger charge is -2.14. The second kappa shape index (κ2) is 6.88. The number of benzene rings is 1. The number of rotatable bonds is 6. The number of nitrogens with two attached hydrogens (primary N) is 1. The van der Waals surface area contributed by atoms with E-state index in [0.717, 1.165) is 12.4 Å². The van der Waals surface area contributed by atoms with Crippen LogP contribution in [0.2, 0.25) is 0 Å². The molecule has 0 radical (unpaired) electrons. The van der Waals surface area contributed by atoms with Gasteiger partial charge in [-0.05, 0) is 25.5 Å². The van der Waals surface area contributed by atoms with Crippen LogP contribution < -0.4 is 5.73 Å². The van der Waals surface area contributed by atoms with Crippen LogP contribution in [0.25, 0.3) is 0 Å². The second-order valence-corrected chi connectivity index (χ2v) is 4.45. The van der Waals surface area contributed by atoms with Gasteiger partial charge in [-0.3, -0.25) is 0 Å². The molecule has 1 aromatic carbocycles. The maximum atomic E-state index is 5.62. The molecular formula is C12H19NOS. The molecule has 0 spiro atoms. The lowest BCUT2D eigenvalue weighted by Crippen LogP contribution is -2.26. The van der Waals surface area contributed by atoms with Crippen LogP contribution in [-0.4, -0.2) is 25.0 Å². The summed E-state index contributed by atoms with van der Waals surface area (Å²) in [6, 6.07) is 8.38. The summed E-state index contributed by atoms with van der Waals surface area (Å²) in [4.78, 5) is 1.32. The predicted octanol–water partition coefficient (Wildman–Crippen LogP) is 2.45. The summed E-state index contributed by atoms with van der Waals surface area (Å²) in [5.74, 6) is 0.926. The maximum Gasteiger partial charge on any atom is 0.0790 e. The van der Waals surface area contributed by atoms with Gasteiger partial charge in [0.05, 0.1) is 6.10 Å². The minimum Gasteiger partial charge on any atom is -0.376 e. The van der Waals surface area contributed by atoms with E-state index in [0.29, 0.717) is 6.54 Å². The molecule has 0 aliphatic carbocycles. The van der Waals surface area contributed by atoms with Crippen molar-refractivity contribution in [3.63, 3.8) is 0 Å². The number of hydrogen-bond acceptors (Lipinski definition) is 3. The fourth-order valence-corrected chi connectivity index (χ4v) is 2.39. The molecule has 0 fully saturated rings. The van der Waals surface area contributed by atoms with Gasteiger partial charge < -0.3 is 10.5 Å². The van der Waals surface area contributed by atoms with Gasteiger partial charge in [-0.15, -0.1) is 11.8 Å². The molecule has 0 saturated carbocycles. The highest BCUT2D eigenvalue weighted by molar-refractivity contribution is 7.99. The van der Waals surface area contributed by atoms with Gasteiger partial charge in [0.15, 0.2) is 0 Å². The summed E-state index contributed by atoms with van der Waals surface area (Å²) in [7, 11) is 0. The van der Waals surface area contributed by atoms with Gasteiger partial charge in [-0.2, -0.15) is 0 Å². The van der Waals surface area contributed by atoms with Gasteiger partial charge in [0.2, 0.25) is 0 Å². The first kappa shape index (κ1) is 12.6. The van der Waals surface area contributed by atoms with Crippen molar-refractivity contribution < 1.29 is 4.74 Å². The molecule has 0 saturated heterocycles. The molecule has 84 valence electrons. The molecule has 3 heteroatoms.